The molecule has 9 heteroatoms. The number of hydrogen-bond acceptors (Lipinski definition) is 7. The highest BCUT2D eigenvalue weighted by Gasteiger charge is 2.28. The first kappa shape index (κ1) is 22.7. The molecule has 1 atom stereocenters. The number of rotatable bonds is 8. The first-order valence-electron chi connectivity index (χ1n) is 10.2. The SMILES string of the molecule is Cc1cc(COc2ccc(C(N)=O)c(C[C@@H](C(=O)NO)N3CCCOCC3)c2)ccn1. The number of nitrogens with two attached hydrogens (primary N) is 1. The summed E-state index contributed by atoms with van der Waals surface area (Å²) in [5.74, 6) is -0.582. The number of aryl methyl sites for hydroxylation is 1. The number of aromatic nitrogens is 1. The zero-order valence-electron chi connectivity index (χ0n) is 17.5. The monoisotopic (exact) mass is 428 g/mol. The van der Waals surface area contributed by atoms with Gasteiger partial charge in [0.15, 0.2) is 0 Å². The van der Waals surface area contributed by atoms with Crippen molar-refractivity contribution in [3.63, 3.8) is 0 Å². The van der Waals surface area contributed by atoms with Crippen LogP contribution in [0.2, 0.25) is 0 Å². The third kappa shape index (κ3) is 6.24. The summed E-state index contributed by atoms with van der Waals surface area (Å²) in [5, 5.41) is 9.27. The number of primary amides is 1. The average Bonchev–Trinajstić information content (AvgIpc) is 3.05. The summed E-state index contributed by atoms with van der Waals surface area (Å²) in [5.41, 5.74) is 10.1. The highest BCUT2D eigenvalue weighted by molar-refractivity contribution is 5.95. The standard InChI is InChI=1S/C22H28N4O5/c1-15-11-16(5-6-24-15)14-31-18-3-4-19(21(23)27)17(12-18)13-20(22(28)25-29)26-7-2-9-30-10-8-26/h3-6,11-12,20,29H,2,7-10,13-14H2,1H3,(H2,23,27)(H,25,28)/t20-/m0/s1. The van der Waals surface area contributed by atoms with Crippen LogP contribution in [0.3, 0.4) is 0 Å². The molecule has 2 heterocycles. The fraction of sp³-hybridized carbons (Fsp3) is 0.409. The molecule has 3 rings (SSSR count). The van der Waals surface area contributed by atoms with Crippen molar-refractivity contribution in [3.05, 3.63) is 58.9 Å². The van der Waals surface area contributed by atoms with Crippen LogP contribution in [0, 0.1) is 6.92 Å². The molecule has 1 aromatic heterocycles. The number of hydrogen-bond donors (Lipinski definition) is 3. The molecule has 1 aromatic carbocycles. The molecule has 2 aromatic rings. The van der Waals surface area contributed by atoms with E-state index in [4.69, 9.17) is 15.2 Å². The number of pyridine rings is 1. The van der Waals surface area contributed by atoms with Crippen LogP contribution in [-0.4, -0.2) is 59.3 Å². The molecule has 2 amide bonds. The van der Waals surface area contributed by atoms with Gasteiger partial charge in [0, 0.05) is 37.2 Å². The predicted octanol–water partition coefficient (Wildman–Crippen LogP) is 1.21. The van der Waals surface area contributed by atoms with E-state index in [0.29, 0.717) is 49.8 Å². The van der Waals surface area contributed by atoms with Gasteiger partial charge in [0.2, 0.25) is 5.91 Å². The molecule has 0 bridgehead atoms. The normalized spacial score (nSPS) is 15.7. The van der Waals surface area contributed by atoms with Crippen LogP contribution >= 0.6 is 0 Å². The zero-order chi connectivity index (χ0) is 22.2. The molecule has 0 aliphatic carbocycles. The maximum atomic E-state index is 12.4. The molecule has 0 spiro atoms. The van der Waals surface area contributed by atoms with Crippen molar-refractivity contribution >= 4 is 11.8 Å². The Labute approximate surface area is 181 Å². The number of hydroxylamine groups is 1. The number of nitrogens with one attached hydrogen (secondary N) is 1. The molecule has 0 radical (unpaired) electrons. The Morgan fingerprint density at radius 3 is 2.87 bits per heavy atom. The first-order valence-corrected chi connectivity index (χ1v) is 10.2. The Bertz CT molecular complexity index is 913. The van der Waals surface area contributed by atoms with Gasteiger partial charge in [-0.2, -0.15) is 0 Å². The van der Waals surface area contributed by atoms with Gasteiger partial charge in [0.05, 0.1) is 12.6 Å². The lowest BCUT2D eigenvalue weighted by atomic mass is 9.97. The number of nitrogens with zero attached hydrogens (tertiary/aromatic N) is 2. The van der Waals surface area contributed by atoms with Crippen LogP contribution < -0.4 is 16.0 Å². The third-order valence-electron chi connectivity index (χ3n) is 5.23. The molecule has 1 saturated heterocycles. The van der Waals surface area contributed by atoms with Crippen molar-refractivity contribution in [1.82, 2.24) is 15.4 Å². The van der Waals surface area contributed by atoms with E-state index in [-0.39, 0.29) is 6.42 Å². The van der Waals surface area contributed by atoms with E-state index in [1.54, 1.807) is 29.9 Å². The molecule has 9 nitrogen and oxygen atoms in total. The van der Waals surface area contributed by atoms with Gasteiger partial charge in [-0.15, -0.1) is 0 Å². The lowest BCUT2D eigenvalue weighted by Crippen LogP contribution is -2.48. The summed E-state index contributed by atoms with van der Waals surface area (Å²) >= 11 is 0. The first-order chi connectivity index (χ1) is 15.0. The number of amides is 2. The molecule has 31 heavy (non-hydrogen) atoms. The maximum absolute atomic E-state index is 12.4. The predicted molar refractivity (Wildman–Crippen MR) is 113 cm³/mol. The van der Waals surface area contributed by atoms with Gasteiger partial charge in [-0.25, -0.2) is 5.48 Å². The lowest BCUT2D eigenvalue weighted by Gasteiger charge is -2.29. The number of ether oxygens (including phenoxy) is 2. The summed E-state index contributed by atoms with van der Waals surface area (Å²) in [6, 6.07) is 8.13. The van der Waals surface area contributed by atoms with Crippen molar-refractivity contribution in [2.75, 3.05) is 26.3 Å². The van der Waals surface area contributed by atoms with Crippen LogP contribution in [0.15, 0.2) is 36.5 Å². The van der Waals surface area contributed by atoms with Crippen molar-refractivity contribution in [2.24, 2.45) is 5.73 Å². The highest BCUT2D eigenvalue weighted by Crippen LogP contribution is 2.22. The molecule has 0 saturated carbocycles. The van der Waals surface area contributed by atoms with Gasteiger partial charge in [-0.1, -0.05) is 0 Å². The maximum Gasteiger partial charge on any atom is 0.261 e. The van der Waals surface area contributed by atoms with Crippen molar-refractivity contribution in [3.8, 4) is 5.75 Å². The number of carbonyl (C=O) groups excluding carboxylic acids is 2. The van der Waals surface area contributed by atoms with Crippen molar-refractivity contribution < 1.29 is 24.3 Å². The molecular weight excluding hydrogens is 400 g/mol. The van der Waals surface area contributed by atoms with Gasteiger partial charge in [-0.3, -0.25) is 24.7 Å². The van der Waals surface area contributed by atoms with E-state index in [9.17, 15) is 14.8 Å². The van der Waals surface area contributed by atoms with E-state index in [1.165, 1.54) is 0 Å². The molecule has 1 aliphatic rings. The summed E-state index contributed by atoms with van der Waals surface area (Å²) in [7, 11) is 0. The van der Waals surface area contributed by atoms with Crippen molar-refractivity contribution in [2.45, 2.75) is 32.4 Å². The molecule has 4 N–H and O–H groups in total. The Hall–Kier alpha value is -3.01. The quantitative estimate of drug-likeness (QED) is 0.426. The average molecular weight is 428 g/mol. The topological polar surface area (TPSA) is 127 Å². The second-order valence-corrected chi connectivity index (χ2v) is 7.48. The fourth-order valence-corrected chi connectivity index (χ4v) is 3.68. The summed E-state index contributed by atoms with van der Waals surface area (Å²) in [6.07, 6.45) is 2.68. The van der Waals surface area contributed by atoms with Crippen LogP contribution in [0.5, 0.6) is 5.75 Å². The van der Waals surface area contributed by atoms with Crippen LogP contribution in [-0.2, 0) is 22.6 Å². The Morgan fingerprint density at radius 2 is 2.13 bits per heavy atom. The minimum Gasteiger partial charge on any atom is -0.489 e. The second-order valence-electron chi connectivity index (χ2n) is 7.48. The van der Waals surface area contributed by atoms with Crippen molar-refractivity contribution in [1.29, 1.82) is 0 Å². The summed E-state index contributed by atoms with van der Waals surface area (Å²) in [4.78, 5) is 30.5. The molecular formula is C22H28N4O5. The minimum atomic E-state index is -0.678. The fourth-order valence-electron chi connectivity index (χ4n) is 3.68. The van der Waals surface area contributed by atoms with E-state index in [1.807, 2.05) is 24.0 Å². The largest absolute Gasteiger partial charge is 0.489 e. The Kier molecular flexibility index (Phi) is 7.94. The minimum absolute atomic E-state index is 0.191. The zero-order valence-corrected chi connectivity index (χ0v) is 17.5. The molecule has 166 valence electrons. The molecule has 1 fully saturated rings. The molecule has 1 aliphatic heterocycles. The number of benzene rings is 1. The lowest BCUT2D eigenvalue weighted by molar-refractivity contribution is -0.134. The Balaban J connectivity index is 1.82. The van der Waals surface area contributed by atoms with E-state index in [2.05, 4.69) is 4.98 Å². The van der Waals surface area contributed by atoms with Crippen LogP contribution in [0.25, 0.3) is 0 Å². The Morgan fingerprint density at radius 1 is 1.29 bits per heavy atom. The van der Waals surface area contributed by atoms with Crippen LogP contribution in [0.1, 0.15) is 33.6 Å². The third-order valence-corrected chi connectivity index (χ3v) is 5.23. The second kappa shape index (κ2) is 10.9. The van der Waals surface area contributed by atoms with E-state index in [0.717, 1.165) is 17.7 Å². The van der Waals surface area contributed by atoms with Crippen LogP contribution in [0.4, 0.5) is 0 Å². The van der Waals surface area contributed by atoms with Gasteiger partial charge in [0.1, 0.15) is 12.4 Å². The van der Waals surface area contributed by atoms with E-state index >= 15 is 0 Å². The summed E-state index contributed by atoms with van der Waals surface area (Å²) < 4.78 is 11.4. The highest BCUT2D eigenvalue weighted by atomic mass is 16.5. The smallest absolute Gasteiger partial charge is 0.261 e. The van der Waals surface area contributed by atoms with Gasteiger partial charge in [-0.05, 0) is 61.2 Å². The summed E-state index contributed by atoms with van der Waals surface area (Å²) in [6.45, 7) is 4.54. The van der Waals surface area contributed by atoms with Gasteiger partial charge in [0.25, 0.3) is 5.91 Å². The molecule has 0 unspecified atom stereocenters. The van der Waals surface area contributed by atoms with Gasteiger partial charge < -0.3 is 15.2 Å². The number of carbonyl (C=O) groups is 2. The van der Waals surface area contributed by atoms with E-state index < -0.39 is 17.9 Å². The van der Waals surface area contributed by atoms with Gasteiger partial charge >= 0.3 is 0 Å².